The molecule has 0 spiro atoms. The summed E-state index contributed by atoms with van der Waals surface area (Å²) >= 11 is 0. The summed E-state index contributed by atoms with van der Waals surface area (Å²) in [7, 11) is 3.98. The largest absolute Gasteiger partial charge is 0.351 e. The van der Waals surface area contributed by atoms with Crippen LogP contribution in [0.5, 0.6) is 0 Å². The maximum absolute atomic E-state index is 12.9. The average Bonchev–Trinajstić information content (AvgIpc) is 2.24. The van der Waals surface area contributed by atoms with Crippen LogP contribution in [0.1, 0.15) is 24.2 Å². The Kier molecular flexibility index (Phi) is 4.78. The monoisotopic (exact) mass is 253 g/mol. The predicted molar refractivity (Wildman–Crippen MR) is 68.9 cm³/mol. The minimum absolute atomic E-state index is 0.0370. The van der Waals surface area contributed by atoms with E-state index in [1.54, 1.807) is 0 Å². The van der Waals surface area contributed by atoms with E-state index >= 15 is 0 Å². The molecule has 1 rings (SSSR count). The number of pyridine rings is 1. The van der Waals surface area contributed by atoms with Crippen LogP contribution in [0.4, 0.5) is 4.39 Å². The zero-order chi connectivity index (χ0) is 13.8. The molecule has 1 aromatic heterocycles. The van der Waals surface area contributed by atoms with Gasteiger partial charge in [-0.25, -0.2) is 4.98 Å². The summed E-state index contributed by atoms with van der Waals surface area (Å²) in [6, 6.07) is 2.63. The molecule has 4 nitrogen and oxygen atoms in total. The Labute approximate surface area is 107 Å². The first-order valence-corrected chi connectivity index (χ1v) is 5.85. The van der Waals surface area contributed by atoms with Crippen molar-refractivity contribution in [3.05, 3.63) is 29.8 Å². The quantitative estimate of drug-likeness (QED) is 0.810. The van der Waals surface area contributed by atoms with Gasteiger partial charge in [-0.05, 0) is 25.6 Å². The van der Waals surface area contributed by atoms with Crippen molar-refractivity contribution in [2.24, 2.45) is 5.41 Å². The molecular formula is C13H20FN3O. The third kappa shape index (κ3) is 4.79. The second-order valence-electron chi connectivity index (χ2n) is 5.45. The number of aromatic nitrogens is 1. The number of carbonyl (C=O) groups excluding carboxylic acids is 1. The normalized spacial score (nSPS) is 11.7. The lowest BCUT2D eigenvalue weighted by atomic mass is 9.93. The molecule has 0 unspecified atom stereocenters. The molecular weight excluding hydrogens is 233 g/mol. The number of carbonyl (C=O) groups is 1. The average molecular weight is 253 g/mol. The number of hydrogen-bond acceptors (Lipinski definition) is 3. The van der Waals surface area contributed by atoms with Crippen LogP contribution in [-0.4, -0.2) is 43.0 Å². The summed E-state index contributed by atoms with van der Waals surface area (Å²) < 4.78 is 12.9. The predicted octanol–water partition coefficient (Wildman–Crippen LogP) is 1.54. The van der Waals surface area contributed by atoms with E-state index in [4.69, 9.17) is 0 Å². The van der Waals surface area contributed by atoms with Crippen LogP contribution in [-0.2, 0) is 0 Å². The SMILES string of the molecule is CN(C)CC(C)(C)CNC(=O)c1ccnc(F)c1. The highest BCUT2D eigenvalue weighted by Crippen LogP contribution is 2.14. The summed E-state index contributed by atoms with van der Waals surface area (Å²) in [5, 5.41) is 2.81. The van der Waals surface area contributed by atoms with E-state index in [1.807, 2.05) is 14.1 Å². The molecule has 5 heteroatoms. The van der Waals surface area contributed by atoms with Gasteiger partial charge in [-0.3, -0.25) is 4.79 Å². The van der Waals surface area contributed by atoms with Gasteiger partial charge in [0.25, 0.3) is 5.91 Å². The molecule has 0 fully saturated rings. The van der Waals surface area contributed by atoms with E-state index in [0.29, 0.717) is 12.1 Å². The third-order valence-electron chi connectivity index (χ3n) is 2.46. The number of hydrogen-bond donors (Lipinski definition) is 1. The van der Waals surface area contributed by atoms with Crippen LogP contribution < -0.4 is 5.32 Å². The number of nitrogens with zero attached hydrogens (tertiary/aromatic N) is 2. The fourth-order valence-electron chi connectivity index (χ4n) is 1.88. The van der Waals surface area contributed by atoms with Gasteiger partial charge in [-0.1, -0.05) is 13.8 Å². The highest BCUT2D eigenvalue weighted by molar-refractivity contribution is 5.94. The Bertz CT molecular complexity index is 418. The van der Waals surface area contributed by atoms with Crippen LogP contribution in [0, 0.1) is 11.4 Å². The second kappa shape index (κ2) is 5.91. The minimum Gasteiger partial charge on any atom is -0.351 e. The first kappa shape index (κ1) is 14.6. The number of rotatable bonds is 5. The van der Waals surface area contributed by atoms with E-state index in [0.717, 1.165) is 12.6 Å². The lowest BCUT2D eigenvalue weighted by Gasteiger charge is -2.28. The summed E-state index contributed by atoms with van der Waals surface area (Å²) in [5.74, 6) is -0.918. The molecule has 0 saturated carbocycles. The zero-order valence-electron chi connectivity index (χ0n) is 11.3. The molecule has 1 N–H and O–H groups in total. The van der Waals surface area contributed by atoms with Crippen LogP contribution in [0.3, 0.4) is 0 Å². The lowest BCUT2D eigenvalue weighted by molar-refractivity contribution is 0.0928. The Hall–Kier alpha value is -1.49. The number of halogens is 1. The van der Waals surface area contributed by atoms with Crippen LogP contribution in [0.25, 0.3) is 0 Å². The van der Waals surface area contributed by atoms with E-state index in [-0.39, 0.29) is 11.3 Å². The van der Waals surface area contributed by atoms with Crippen molar-refractivity contribution in [1.82, 2.24) is 15.2 Å². The van der Waals surface area contributed by atoms with Crippen LogP contribution in [0.2, 0.25) is 0 Å². The van der Waals surface area contributed by atoms with Gasteiger partial charge in [0.05, 0.1) is 0 Å². The van der Waals surface area contributed by atoms with Gasteiger partial charge in [0.1, 0.15) is 0 Å². The van der Waals surface area contributed by atoms with Crippen molar-refractivity contribution in [2.45, 2.75) is 13.8 Å². The Balaban J connectivity index is 2.56. The first-order valence-electron chi connectivity index (χ1n) is 5.85. The molecule has 100 valence electrons. The van der Waals surface area contributed by atoms with E-state index in [1.165, 1.54) is 12.3 Å². The summed E-state index contributed by atoms with van der Waals surface area (Å²) in [6.45, 7) is 5.53. The topological polar surface area (TPSA) is 45.2 Å². The molecule has 0 aliphatic heterocycles. The molecule has 0 aromatic carbocycles. The molecule has 0 bridgehead atoms. The standard InChI is InChI=1S/C13H20FN3O/c1-13(2,9-17(3)4)8-16-12(18)10-5-6-15-11(14)7-10/h5-7H,8-9H2,1-4H3,(H,16,18). The van der Waals surface area contributed by atoms with Crippen molar-refractivity contribution >= 4 is 5.91 Å². The van der Waals surface area contributed by atoms with Gasteiger partial charge in [0, 0.05) is 30.9 Å². The molecule has 18 heavy (non-hydrogen) atoms. The molecule has 1 heterocycles. The van der Waals surface area contributed by atoms with Gasteiger partial charge >= 0.3 is 0 Å². The number of amides is 1. The smallest absolute Gasteiger partial charge is 0.251 e. The van der Waals surface area contributed by atoms with Crippen LogP contribution >= 0.6 is 0 Å². The van der Waals surface area contributed by atoms with E-state index in [9.17, 15) is 9.18 Å². The zero-order valence-corrected chi connectivity index (χ0v) is 11.3. The fourth-order valence-corrected chi connectivity index (χ4v) is 1.88. The van der Waals surface area contributed by atoms with Gasteiger partial charge < -0.3 is 10.2 Å². The van der Waals surface area contributed by atoms with Crippen molar-refractivity contribution in [2.75, 3.05) is 27.2 Å². The van der Waals surface area contributed by atoms with Crippen molar-refractivity contribution in [3.8, 4) is 0 Å². The summed E-state index contributed by atoms with van der Waals surface area (Å²) in [6.07, 6.45) is 1.29. The molecule has 1 amide bonds. The fraction of sp³-hybridized carbons (Fsp3) is 0.538. The Morgan fingerprint density at radius 2 is 2.17 bits per heavy atom. The molecule has 1 aromatic rings. The Morgan fingerprint density at radius 3 is 2.72 bits per heavy atom. The van der Waals surface area contributed by atoms with Crippen molar-refractivity contribution in [1.29, 1.82) is 0 Å². The van der Waals surface area contributed by atoms with Crippen LogP contribution in [0.15, 0.2) is 18.3 Å². The lowest BCUT2D eigenvalue weighted by Crippen LogP contribution is -2.40. The van der Waals surface area contributed by atoms with Gasteiger partial charge in [-0.15, -0.1) is 0 Å². The van der Waals surface area contributed by atoms with Crippen molar-refractivity contribution in [3.63, 3.8) is 0 Å². The number of nitrogens with one attached hydrogen (secondary N) is 1. The molecule has 0 aliphatic rings. The van der Waals surface area contributed by atoms with Gasteiger partial charge in [0.2, 0.25) is 5.95 Å². The summed E-state index contributed by atoms with van der Waals surface area (Å²) in [5.41, 5.74) is 0.258. The molecule has 0 aliphatic carbocycles. The van der Waals surface area contributed by atoms with E-state index in [2.05, 4.69) is 29.0 Å². The Morgan fingerprint density at radius 1 is 1.50 bits per heavy atom. The molecule has 0 saturated heterocycles. The maximum Gasteiger partial charge on any atom is 0.251 e. The second-order valence-corrected chi connectivity index (χ2v) is 5.45. The molecule has 0 radical (unpaired) electrons. The summed E-state index contributed by atoms with van der Waals surface area (Å²) in [4.78, 5) is 17.3. The van der Waals surface area contributed by atoms with Crippen molar-refractivity contribution < 1.29 is 9.18 Å². The third-order valence-corrected chi connectivity index (χ3v) is 2.46. The molecule has 0 atom stereocenters. The maximum atomic E-state index is 12.9. The first-order chi connectivity index (χ1) is 8.30. The van der Waals surface area contributed by atoms with Gasteiger partial charge in [0.15, 0.2) is 0 Å². The highest BCUT2D eigenvalue weighted by atomic mass is 19.1. The van der Waals surface area contributed by atoms with Gasteiger partial charge in [-0.2, -0.15) is 4.39 Å². The highest BCUT2D eigenvalue weighted by Gasteiger charge is 2.20. The van der Waals surface area contributed by atoms with E-state index < -0.39 is 5.95 Å². The minimum atomic E-state index is -0.643.